The van der Waals surface area contributed by atoms with Gasteiger partial charge in [0.1, 0.15) is 34.9 Å². The van der Waals surface area contributed by atoms with Crippen molar-refractivity contribution in [3.05, 3.63) is 90.0 Å². The quantitative estimate of drug-likeness (QED) is 0.0541. The standard InChI is InChI=1S/C56H78N6O9Si/c1-15-61-49-21-20-39(28-44(49)46(30-56(12,13)33-63)51(61)45-29-43(32-58-50(45)37(8)68-14)69-41-18-16-22-57-31-41)40-24-38(25-42(27-40)71-72(34(2)3,35(4)5)36(6)7)26-48(59-54(67)70-55(9,10)11)52(64)62-23-17-19-47(60-62)53(65)66/h16,18,20-22,24-25,27-29,31-32,34-37,47-48,60,63H,15,17,19,23,26,30,33H2,1-14H3,(H,59,67)(H,65,66)/t37-,47-,48-/m0/s1. The topological polar surface area (TPSA) is 187 Å². The summed E-state index contributed by atoms with van der Waals surface area (Å²) in [6.07, 6.45) is 5.34. The van der Waals surface area contributed by atoms with Crippen molar-refractivity contribution in [2.24, 2.45) is 5.41 Å². The number of benzene rings is 2. The van der Waals surface area contributed by atoms with Crippen molar-refractivity contribution in [3.8, 4) is 39.6 Å². The van der Waals surface area contributed by atoms with Crippen molar-refractivity contribution in [2.45, 2.75) is 163 Å². The molecule has 1 aliphatic heterocycles. The molecule has 4 heterocycles. The Labute approximate surface area is 427 Å². The Balaban J connectivity index is 1.59. The highest BCUT2D eigenvalue weighted by Gasteiger charge is 2.47. The van der Waals surface area contributed by atoms with Crippen molar-refractivity contribution in [2.75, 3.05) is 20.3 Å². The first-order valence-corrected chi connectivity index (χ1v) is 27.6. The number of aryl methyl sites for hydroxylation is 1. The first-order chi connectivity index (χ1) is 33.9. The highest BCUT2D eigenvalue weighted by molar-refractivity contribution is 6.78. The summed E-state index contributed by atoms with van der Waals surface area (Å²) in [5.74, 6) is 0.242. The van der Waals surface area contributed by atoms with Crippen LogP contribution in [0.15, 0.2) is 73.2 Å². The van der Waals surface area contributed by atoms with E-state index in [9.17, 15) is 24.6 Å². The summed E-state index contributed by atoms with van der Waals surface area (Å²) in [6.45, 7) is 27.7. The van der Waals surface area contributed by atoms with E-state index in [1.165, 1.54) is 5.01 Å². The number of carboxylic acids is 1. The molecular formula is C56H78N6O9Si. The number of aromatic nitrogens is 3. The molecule has 3 aromatic heterocycles. The summed E-state index contributed by atoms with van der Waals surface area (Å²) in [5.41, 5.74) is 9.31. The lowest BCUT2D eigenvalue weighted by molar-refractivity contribution is -0.147. The number of rotatable bonds is 20. The van der Waals surface area contributed by atoms with E-state index in [1.54, 1.807) is 46.5 Å². The summed E-state index contributed by atoms with van der Waals surface area (Å²) in [4.78, 5) is 49.3. The second-order valence-electron chi connectivity index (χ2n) is 21.9. The van der Waals surface area contributed by atoms with E-state index in [1.807, 2.05) is 37.3 Å². The number of methoxy groups -OCH3 is 1. The second kappa shape index (κ2) is 22.9. The van der Waals surface area contributed by atoms with Crippen LogP contribution >= 0.6 is 0 Å². The number of hydrogen-bond donors (Lipinski definition) is 4. The molecule has 0 saturated carbocycles. The third kappa shape index (κ3) is 12.7. The van der Waals surface area contributed by atoms with E-state index >= 15 is 0 Å². The van der Waals surface area contributed by atoms with Crippen molar-refractivity contribution in [3.63, 3.8) is 0 Å². The number of aliphatic hydroxyl groups is 1. The molecular weight excluding hydrogens is 929 g/mol. The van der Waals surface area contributed by atoms with Gasteiger partial charge in [0.25, 0.3) is 14.2 Å². The molecule has 16 heteroatoms. The molecule has 0 unspecified atom stereocenters. The van der Waals surface area contributed by atoms with Gasteiger partial charge >= 0.3 is 12.1 Å². The Bertz CT molecular complexity index is 2670. The maximum Gasteiger partial charge on any atom is 0.408 e. The molecule has 390 valence electrons. The number of aliphatic hydroxyl groups excluding tert-OH is 1. The number of pyridine rings is 2. The van der Waals surface area contributed by atoms with E-state index in [4.69, 9.17) is 23.6 Å². The predicted molar refractivity (Wildman–Crippen MR) is 285 cm³/mol. The predicted octanol–water partition coefficient (Wildman–Crippen LogP) is 11.4. The minimum absolute atomic E-state index is 0.0499. The van der Waals surface area contributed by atoms with Crippen LogP contribution in [0.2, 0.25) is 16.6 Å². The molecule has 0 radical (unpaired) electrons. The molecule has 1 saturated heterocycles. The average Bonchev–Trinajstić information content (AvgIpc) is 3.63. The monoisotopic (exact) mass is 1010 g/mol. The molecule has 72 heavy (non-hydrogen) atoms. The highest BCUT2D eigenvalue weighted by Crippen LogP contribution is 2.46. The molecule has 1 aliphatic rings. The number of fused-ring (bicyclic) bond motifs is 1. The highest BCUT2D eigenvalue weighted by atomic mass is 28.4. The van der Waals surface area contributed by atoms with Gasteiger partial charge in [-0.05, 0) is 141 Å². The van der Waals surface area contributed by atoms with Crippen LogP contribution < -0.4 is 19.9 Å². The molecule has 3 atom stereocenters. The van der Waals surface area contributed by atoms with Gasteiger partial charge in [-0.25, -0.2) is 10.2 Å². The minimum Gasteiger partial charge on any atom is -0.543 e. The maximum absolute atomic E-state index is 14.5. The summed E-state index contributed by atoms with van der Waals surface area (Å²) in [7, 11) is -0.873. The third-order valence-corrected chi connectivity index (χ3v) is 19.8. The van der Waals surface area contributed by atoms with Gasteiger partial charge in [-0.15, -0.1) is 0 Å². The van der Waals surface area contributed by atoms with Crippen LogP contribution in [0.3, 0.4) is 0 Å². The van der Waals surface area contributed by atoms with Gasteiger partial charge in [0.05, 0.1) is 29.9 Å². The van der Waals surface area contributed by atoms with Gasteiger partial charge in [0, 0.05) is 55.9 Å². The van der Waals surface area contributed by atoms with Crippen LogP contribution in [-0.2, 0) is 38.4 Å². The molecule has 15 nitrogen and oxygen atoms in total. The first-order valence-electron chi connectivity index (χ1n) is 25.4. The second-order valence-corrected chi connectivity index (χ2v) is 27.3. The maximum atomic E-state index is 14.5. The van der Waals surface area contributed by atoms with Crippen molar-refractivity contribution in [1.82, 2.24) is 30.3 Å². The fourth-order valence-electron chi connectivity index (χ4n) is 10.4. The van der Waals surface area contributed by atoms with Gasteiger partial charge in [-0.2, -0.15) is 0 Å². The first kappa shape index (κ1) is 55.5. The van der Waals surface area contributed by atoms with Crippen molar-refractivity contribution < 1.29 is 43.2 Å². The number of hydrogen-bond acceptors (Lipinski definition) is 11. The summed E-state index contributed by atoms with van der Waals surface area (Å²) in [6, 6.07) is 16.1. The molecule has 2 amide bonds. The number of aliphatic carboxylic acids is 1. The number of carboxylic acid groups (broad SMARTS) is 1. The Morgan fingerprint density at radius 1 is 0.903 bits per heavy atom. The van der Waals surface area contributed by atoms with Gasteiger partial charge in [-0.1, -0.05) is 67.5 Å². The minimum atomic E-state index is -2.54. The van der Waals surface area contributed by atoms with Crippen LogP contribution in [0.4, 0.5) is 4.79 Å². The number of nitrogens with zero attached hydrogens (tertiary/aromatic N) is 4. The van der Waals surface area contributed by atoms with Gasteiger partial charge < -0.3 is 38.7 Å². The van der Waals surface area contributed by atoms with Crippen LogP contribution in [0, 0.1) is 5.41 Å². The molecule has 0 aliphatic carbocycles. The zero-order valence-electron chi connectivity index (χ0n) is 44.9. The fraction of sp³-hybridized carbons (Fsp3) is 0.518. The van der Waals surface area contributed by atoms with Crippen molar-refractivity contribution >= 4 is 37.2 Å². The summed E-state index contributed by atoms with van der Waals surface area (Å²) >= 11 is 0. The summed E-state index contributed by atoms with van der Waals surface area (Å²) < 4.78 is 27.6. The lowest BCUT2D eigenvalue weighted by atomic mass is 9.84. The SMILES string of the molecule is CCn1c(-c2cc(Oc3cccnc3)cnc2[C@H](C)OC)c(CC(C)(C)CO)c2cc(-c3cc(C[C@H](NC(=O)OC(C)(C)C)C(=O)N4CCC[C@@H](C(=O)O)N4)cc(O[Si](C(C)C)(C(C)C)C(C)C)c3)ccc21. The lowest BCUT2D eigenvalue weighted by Crippen LogP contribution is -2.60. The Morgan fingerprint density at radius 3 is 2.21 bits per heavy atom. The molecule has 0 bridgehead atoms. The molecule has 1 fully saturated rings. The fourth-order valence-corrected chi connectivity index (χ4v) is 15.6. The molecule has 0 spiro atoms. The molecule has 4 N–H and O–H groups in total. The lowest BCUT2D eigenvalue weighted by Gasteiger charge is -2.42. The normalized spacial score (nSPS) is 15.5. The average molecular weight is 1010 g/mol. The van der Waals surface area contributed by atoms with Gasteiger partial charge in [0.15, 0.2) is 0 Å². The Morgan fingerprint density at radius 2 is 1.61 bits per heavy atom. The van der Waals surface area contributed by atoms with E-state index in [0.29, 0.717) is 43.1 Å². The Kier molecular flexibility index (Phi) is 17.7. The van der Waals surface area contributed by atoms with E-state index < -0.39 is 49.4 Å². The van der Waals surface area contributed by atoms with Crippen LogP contribution in [0.1, 0.15) is 126 Å². The molecule has 2 aromatic carbocycles. The summed E-state index contributed by atoms with van der Waals surface area (Å²) in [5, 5.41) is 25.9. The number of carbonyl (C=O) groups excluding carboxylic acids is 2. The number of amides is 2. The Hall–Kier alpha value is -5.81. The smallest absolute Gasteiger partial charge is 0.408 e. The molecule has 5 aromatic rings. The zero-order chi connectivity index (χ0) is 52.9. The zero-order valence-corrected chi connectivity index (χ0v) is 45.9. The van der Waals surface area contributed by atoms with Crippen LogP contribution in [0.25, 0.3) is 33.3 Å². The van der Waals surface area contributed by atoms with E-state index in [2.05, 4.69) is 107 Å². The molecule has 6 rings (SSSR count). The van der Waals surface area contributed by atoms with E-state index in [0.717, 1.165) is 50.1 Å². The number of hydrazine groups is 1. The number of alkyl carbamates (subject to hydrolysis) is 1. The van der Waals surface area contributed by atoms with Crippen molar-refractivity contribution in [1.29, 1.82) is 0 Å². The van der Waals surface area contributed by atoms with Gasteiger partial charge in [-0.3, -0.25) is 24.6 Å². The largest absolute Gasteiger partial charge is 0.543 e. The van der Waals surface area contributed by atoms with E-state index in [-0.39, 0.29) is 42.3 Å². The number of nitrogens with one attached hydrogen (secondary N) is 2. The van der Waals surface area contributed by atoms with Gasteiger partial charge in [0.2, 0.25) is 0 Å². The number of carbonyl (C=O) groups is 3. The van der Waals surface area contributed by atoms with Crippen LogP contribution in [-0.4, -0.2) is 94.0 Å². The van der Waals surface area contributed by atoms with Crippen LogP contribution in [0.5, 0.6) is 17.2 Å². The third-order valence-electron chi connectivity index (χ3n) is 13.8. The number of ether oxygens (including phenoxy) is 3.